The number of thiophene rings is 1. The first-order chi connectivity index (χ1) is 15.2. The van der Waals surface area contributed by atoms with Gasteiger partial charge in [0.05, 0.1) is 16.8 Å². The molecule has 2 aromatic carbocycles. The Kier molecular flexibility index (Phi) is 4.80. The van der Waals surface area contributed by atoms with Crippen LogP contribution in [0.2, 0.25) is 0 Å². The third kappa shape index (κ3) is 3.29. The molecule has 5 rings (SSSR count). The summed E-state index contributed by atoms with van der Waals surface area (Å²) in [6.45, 7) is 2.03. The number of nitrogens with zero attached hydrogens (tertiary/aromatic N) is 3. The van der Waals surface area contributed by atoms with Crippen molar-refractivity contribution in [3.05, 3.63) is 72.3 Å². The molecule has 7 heteroatoms. The van der Waals surface area contributed by atoms with Crippen molar-refractivity contribution in [3.63, 3.8) is 0 Å². The Bertz CT molecular complexity index is 1420. The van der Waals surface area contributed by atoms with Gasteiger partial charge < -0.3 is 10.5 Å². The molecule has 0 unspecified atom stereocenters. The molecule has 0 bridgehead atoms. The minimum atomic E-state index is -0.480. The molecule has 0 fully saturated rings. The largest absolute Gasteiger partial charge is 0.462 e. The van der Waals surface area contributed by atoms with Gasteiger partial charge >= 0.3 is 5.97 Å². The van der Waals surface area contributed by atoms with Crippen LogP contribution in [0.25, 0.3) is 42.8 Å². The summed E-state index contributed by atoms with van der Waals surface area (Å²) in [6, 6.07) is 21.7. The molecule has 0 aliphatic heterocycles. The summed E-state index contributed by atoms with van der Waals surface area (Å²) in [5.41, 5.74) is 10.8. The van der Waals surface area contributed by atoms with E-state index in [4.69, 9.17) is 10.5 Å². The van der Waals surface area contributed by atoms with Gasteiger partial charge in [0.15, 0.2) is 0 Å². The first-order valence-electron chi connectivity index (χ1n) is 9.84. The molecule has 0 atom stereocenters. The highest BCUT2D eigenvalue weighted by molar-refractivity contribution is 7.25. The van der Waals surface area contributed by atoms with E-state index in [1.54, 1.807) is 13.0 Å². The maximum absolute atomic E-state index is 12.3. The van der Waals surface area contributed by atoms with Gasteiger partial charge in [0.1, 0.15) is 21.9 Å². The van der Waals surface area contributed by atoms with E-state index < -0.39 is 5.97 Å². The zero-order chi connectivity index (χ0) is 21.4. The normalized spacial score (nSPS) is 11.1. The van der Waals surface area contributed by atoms with Crippen molar-refractivity contribution in [3.8, 4) is 22.4 Å². The van der Waals surface area contributed by atoms with Crippen LogP contribution in [0.1, 0.15) is 17.3 Å². The van der Waals surface area contributed by atoms with E-state index >= 15 is 0 Å². The van der Waals surface area contributed by atoms with E-state index in [2.05, 4.69) is 15.2 Å². The van der Waals surface area contributed by atoms with Crippen molar-refractivity contribution >= 4 is 43.6 Å². The summed E-state index contributed by atoms with van der Waals surface area (Å²) in [5.74, 6) is -0.339. The number of aromatic nitrogens is 3. The summed E-state index contributed by atoms with van der Waals surface area (Å²) in [5, 5.41) is 9.94. The van der Waals surface area contributed by atoms with Gasteiger partial charge in [-0.15, -0.1) is 21.5 Å². The number of pyridine rings is 1. The lowest BCUT2D eigenvalue weighted by Crippen LogP contribution is -2.09. The summed E-state index contributed by atoms with van der Waals surface area (Å²) in [6.07, 6.45) is 0. The van der Waals surface area contributed by atoms with Gasteiger partial charge in [0, 0.05) is 16.5 Å². The number of esters is 1. The Morgan fingerprint density at radius 2 is 1.68 bits per heavy atom. The molecule has 0 aliphatic rings. The summed E-state index contributed by atoms with van der Waals surface area (Å²) in [4.78, 5) is 17.6. The predicted octanol–water partition coefficient (Wildman–Crippen LogP) is 5.33. The highest BCUT2D eigenvalue weighted by Crippen LogP contribution is 2.42. The van der Waals surface area contributed by atoms with Gasteiger partial charge in [-0.3, -0.25) is 0 Å². The lowest BCUT2D eigenvalue weighted by atomic mass is 9.97. The zero-order valence-corrected chi connectivity index (χ0v) is 17.5. The third-order valence-corrected chi connectivity index (χ3v) is 6.02. The van der Waals surface area contributed by atoms with Gasteiger partial charge in [0.2, 0.25) is 0 Å². The fourth-order valence-electron chi connectivity index (χ4n) is 3.64. The van der Waals surface area contributed by atoms with Crippen LogP contribution in [0.4, 0.5) is 5.82 Å². The molecule has 0 radical (unpaired) electrons. The molecular weight excluding hydrogens is 408 g/mol. The van der Waals surface area contributed by atoms with E-state index in [9.17, 15) is 4.79 Å². The molecule has 5 aromatic rings. The number of benzene rings is 2. The molecule has 6 nitrogen and oxygen atoms in total. The monoisotopic (exact) mass is 426 g/mol. The summed E-state index contributed by atoms with van der Waals surface area (Å²) >= 11 is 1.43. The fourth-order valence-corrected chi connectivity index (χ4v) is 4.65. The number of hydrogen-bond donors (Lipinski definition) is 1. The van der Waals surface area contributed by atoms with Crippen molar-refractivity contribution in [2.45, 2.75) is 6.92 Å². The molecule has 2 N–H and O–H groups in total. The van der Waals surface area contributed by atoms with E-state index in [0.29, 0.717) is 5.52 Å². The van der Waals surface area contributed by atoms with Crippen molar-refractivity contribution in [2.75, 3.05) is 12.3 Å². The molecule has 31 heavy (non-hydrogen) atoms. The Morgan fingerprint density at radius 1 is 1.00 bits per heavy atom. The molecule has 0 amide bonds. The van der Waals surface area contributed by atoms with Crippen molar-refractivity contribution in [1.82, 2.24) is 15.2 Å². The van der Waals surface area contributed by atoms with Gasteiger partial charge in [-0.2, -0.15) is 0 Å². The number of nitrogens with two attached hydrogens (primary N) is 1. The lowest BCUT2D eigenvalue weighted by molar-refractivity contribution is 0.0527. The number of fused-ring (bicyclic) bond motifs is 3. The van der Waals surface area contributed by atoms with E-state index in [-0.39, 0.29) is 18.0 Å². The molecular formula is C24H18N4O2S. The second-order valence-electron chi connectivity index (χ2n) is 6.93. The van der Waals surface area contributed by atoms with Crippen LogP contribution in [0.3, 0.4) is 0 Å². The molecule has 0 aliphatic carbocycles. The SMILES string of the molecule is CCOC(=O)c1cc2sc3nnc(-c4ccccc4)c(-c4ccccc4)c3c2nc1N. The summed E-state index contributed by atoms with van der Waals surface area (Å²) < 4.78 is 5.93. The summed E-state index contributed by atoms with van der Waals surface area (Å²) in [7, 11) is 0. The maximum atomic E-state index is 12.3. The minimum absolute atomic E-state index is 0.141. The van der Waals surface area contributed by atoms with Crippen LogP contribution < -0.4 is 5.73 Å². The molecule has 0 spiro atoms. The van der Waals surface area contributed by atoms with Crippen LogP contribution in [0.15, 0.2) is 66.7 Å². The second-order valence-corrected chi connectivity index (χ2v) is 7.96. The van der Waals surface area contributed by atoms with Crippen molar-refractivity contribution < 1.29 is 9.53 Å². The van der Waals surface area contributed by atoms with Gasteiger partial charge in [0.25, 0.3) is 0 Å². The smallest absolute Gasteiger partial charge is 0.341 e. The zero-order valence-electron chi connectivity index (χ0n) is 16.7. The number of ether oxygens (including phenoxy) is 1. The average Bonchev–Trinajstić information content (AvgIpc) is 3.16. The number of carbonyl (C=O) groups is 1. The molecule has 0 saturated carbocycles. The van der Waals surface area contributed by atoms with Gasteiger partial charge in [-0.25, -0.2) is 9.78 Å². The predicted molar refractivity (Wildman–Crippen MR) is 124 cm³/mol. The van der Waals surface area contributed by atoms with E-state index in [0.717, 1.165) is 37.3 Å². The Hall–Kier alpha value is -3.84. The van der Waals surface area contributed by atoms with E-state index in [1.807, 2.05) is 60.7 Å². The number of carbonyl (C=O) groups excluding carboxylic acids is 1. The number of rotatable bonds is 4. The second kappa shape index (κ2) is 7.77. The van der Waals surface area contributed by atoms with Crippen molar-refractivity contribution in [2.24, 2.45) is 0 Å². The van der Waals surface area contributed by atoms with Crippen LogP contribution >= 0.6 is 11.3 Å². The van der Waals surface area contributed by atoms with Crippen LogP contribution in [0, 0.1) is 0 Å². The van der Waals surface area contributed by atoms with Gasteiger partial charge in [-0.1, -0.05) is 60.7 Å². The van der Waals surface area contributed by atoms with Crippen LogP contribution in [0.5, 0.6) is 0 Å². The van der Waals surface area contributed by atoms with Crippen LogP contribution in [-0.4, -0.2) is 27.8 Å². The molecule has 3 heterocycles. The molecule has 0 saturated heterocycles. The topological polar surface area (TPSA) is 91.0 Å². The number of anilines is 1. The first-order valence-corrected chi connectivity index (χ1v) is 10.7. The van der Waals surface area contributed by atoms with Crippen molar-refractivity contribution in [1.29, 1.82) is 0 Å². The third-order valence-electron chi connectivity index (χ3n) is 5.01. The maximum Gasteiger partial charge on any atom is 0.341 e. The molecule has 152 valence electrons. The number of nitrogen functional groups attached to an aromatic ring is 1. The highest BCUT2D eigenvalue weighted by atomic mass is 32.1. The highest BCUT2D eigenvalue weighted by Gasteiger charge is 2.22. The lowest BCUT2D eigenvalue weighted by Gasteiger charge is -2.11. The Balaban J connectivity index is 1.86. The first kappa shape index (κ1) is 19.1. The Morgan fingerprint density at radius 3 is 2.35 bits per heavy atom. The van der Waals surface area contributed by atoms with E-state index in [1.165, 1.54) is 11.3 Å². The minimum Gasteiger partial charge on any atom is -0.462 e. The fraction of sp³-hybridized carbons (Fsp3) is 0.0833. The number of hydrogen-bond acceptors (Lipinski definition) is 7. The molecule has 3 aromatic heterocycles. The van der Waals surface area contributed by atoms with Gasteiger partial charge in [-0.05, 0) is 18.6 Å². The standard InChI is InChI=1S/C24H18N4O2S/c1-2-30-24(29)16-13-17-21(26-22(16)25)19-18(14-9-5-3-6-10-14)20(27-28-23(19)31-17)15-11-7-4-8-12-15/h3-13H,2H2,1H3,(H2,25,26). The quantitative estimate of drug-likeness (QED) is 0.391. The van der Waals surface area contributed by atoms with Crippen LogP contribution in [-0.2, 0) is 4.74 Å². The average molecular weight is 427 g/mol. The Labute approximate surface area is 182 Å².